The quantitative estimate of drug-likeness (QED) is 0.624. The van der Waals surface area contributed by atoms with Crippen LogP contribution in [0, 0.1) is 10.1 Å². The van der Waals surface area contributed by atoms with Crippen molar-refractivity contribution >= 4 is 0 Å². The lowest BCUT2D eigenvalue weighted by Gasteiger charge is -2.43. The predicted molar refractivity (Wildman–Crippen MR) is 83.7 cm³/mol. The summed E-state index contributed by atoms with van der Waals surface area (Å²) in [6.07, 6.45) is 4.25. The predicted octanol–water partition coefficient (Wildman–Crippen LogP) is 2.41. The molecule has 1 saturated carbocycles. The van der Waals surface area contributed by atoms with Crippen LogP contribution >= 0.6 is 0 Å². The van der Waals surface area contributed by atoms with Crippen LogP contribution in [0.15, 0.2) is 30.5 Å². The molecule has 1 unspecified atom stereocenters. The van der Waals surface area contributed by atoms with Gasteiger partial charge >= 0.3 is 0 Å². The SMILES string of the molecule is COc1cccc2c1OC1CC3(CC[C@@]21/C=C/[N+](=O)[O-])OCCO3. The molecule has 1 aromatic carbocycles. The summed E-state index contributed by atoms with van der Waals surface area (Å²) in [5.74, 6) is 0.664. The summed E-state index contributed by atoms with van der Waals surface area (Å²) in [5.41, 5.74) is 0.370. The molecule has 7 nitrogen and oxygen atoms in total. The number of benzene rings is 1. The van der Waals surface area contributed by atoms with Crippen molar-refractivity contribution in [2.75, 3.05) is 20.3 Å². The van der Waals surface area contributed by atoms with Gasteiger partial charge in [0.2, 0.25) is 6.20 Å². The minimum Gasteiger partial charge on any atom is -0.493 e. The summed E-state index contributed by atoms with van der Waals surface area (Å²) in [6, 6.07) is 5.67. The van der Waals surface area contributed by atoms with Gasteiger partial charge in [-0.05, 0) is 12.5 Å². The Balaban J connectivity index is 1.78. The Hall–Kier alpha value is -2.12. The van der Waals surface area contributed by atoms with Crippen LogP contribution in [0.5, 0.6) is 11.5 Å². The molecule has 128 valence electrons. The smallest absolute Gasteiger partial charge is 0.231 e. The lowest BCUT2D eigenvalue weighted by atomic mass is 9.67. The number of methoxy groups -OCH3 is 1. The second-order valence-corrected chi connectivity index (χ2v) is 6.40. The largest absolute Gasteiger partial charge is 0.493 e. The second-order valence-electron chi connectivity index (χ2n) is 6.40. The maximum Gasteiger partial charge on any atom is 0.231 e. The number of nitrogens with zero attached hydrogens (tertiary/aromatic N) is 1. The first kappa shape index (κ1) is 15.4. The van der Waals surface area contributed by atoms with Crippen LogP contribution in [0.1, 0.15) is 24.8 Å². The highest BCUT2D eigenvalue weighted by Crippen LogP contribution is 2.57. The first-order chi connectivity index (χ1) is 11.6. The zero-order valence-electron chi connectivity index (χ0n) is 13.4. The van der Waals surface area contributed by atoms with E-state index in [4.69, 9.17) is 18.9 Å². The van der Waals surface area contributed by atoms with E-state index in [9.17, 15) is 10.1 Å². The van der Waals surface area contributed by atoms with Crippen molar-refractivity contribution in [3.63, 3.8) is 0 Å². The molecular formula is C17H19NO6. The van der Waals surface area contributed by atoms with E-state index in [0.29, 0.717) is 44.0 Å². The Bertz CT molecular complexity index is 696. The lowest BCUT2D eigenvalue weighted by molar-refractivity contribution is -0.403. The van der Waals surface area contributed by atoms with E-state index < -0.39 is 16.1 Å². The number of hydrogen-bond acceptors (Lipinski definition) is 6. The highest BCUT2D eigenvalue weighted by Gasteiger charge is 2.57. The van der Waals surface area contributed by atoms with Crippen molar-refractivity contribution in [1.29, 1.82) is 0 Å². The van der Waals surface area contributed by atoms with Gasteiger partial charge in [-0.15, -0.1) is 0 Å². The van der Waals surface area contributed by atoms with Gasteiger partial charge in [0.15, 0.2) is 17.3 Å². The molecule has 0 radical (unpaired) electrons. The minimum absolute atomic E-state index is 0.285. The van der Waals surface area contributed by atoms with Gasteiger partial charge in [0.1, 0.15) is 6.10 Å². The van der Waals surface area contributed by atoms with E-state index in [1.54, 1.807) is 13.2 Å². The van der Waals surface area contributed by atoms with Crippen molar-refractivity contribution in [2.24, 2.45) is 0 Å². The molecule has 0 amide bonds. The van der Waals surface area contributed by atoms with E-state index in [1.807, 2.05) is 18.2 Å². The first-order valence-electron chi connectivity index (χ1n) is 8.03. The van der Waals surface area contributed by atoms with Crippen molar-refractivity contribution in [3.8, 4) is 11.5 Å². The summed E-state index contributed by atoms with van der Waals surface area (Å²) < 4.78 is 23.2. The standard InChI is InChI=1S/C17H19NO6/c1-21-13-4-2-3-12-15(13)24-14-11-17(22-9-10-23-17)6-5-16(12,14)7-8-18(19)20/h2-4,7-8,14H,5-6,9-11H2,1H3/b8-7+/t14?,16-/m1/s1. The van der Waals surface area contributed by atoms with Gasteiger partial charge in [0, 0.05) is 24.5 Å². The Morgan fingerprint density at radius 3 is 2.83 bits per heavy atom. The number of nitro groups is 1. The molecule has 1 saturated heterocycles. The Morgan fingerprint density at radius 1 is 1.33 bits per heavy atom. The monoisotopic (exact) mass is 333 g/mol. The topological polar surface area (TPSA) is 80.1 Å². The number of ether oxygens (including phenoxy) is 4. The molecule has 1 aliphatic carbocycles. The molecule has 3 aliphatic rings. The van der Waals surface area contributed by atoms with Gasteiger partial charge in [0.05, 0.1) is 30.7 Å². The number of para-hydroxylation sites is 1. The van der Waals surface area contributed by atoms with Crippen LogP contribution in [0.4, 0.5) is 0 Å². The average Bonchev–Trinajstić information content (AvgIpc) is 3.16. The van der Waals surface area contributed by atoms with E-state index in [0.717, 1.165) is 11.8 Å². The molecule has 0 aromatic heterocycles. The molecule has 1 spiro atoms. The highest BCUT2D eigenvalue weighted by molar-refractivity contribution is 5.56. The van der Waals surface area contributed by atoms with Gasteiger partial charge in [-0.3, -0.25) is 10.1 Å². The van der Waals surface area contributed by atoms with Gasteiger partial charge in [-0.25, -0.2) is 0 Å². The summed E-state index contributed by atoms with van der Waals surface area (Å²) in [6.45, 7) is 1.14. The van der Waals surface area contributed by atoms with Crippen LogP contribution in [0.3, 0.4) is 0 Å². The summed E-state index contributed by atoms with van der Waals surface area (Å²) in [5, 5.41) is 10.9. The molecule has 1 aromatic rings. The Kier molecular flexibility index (Phi) is 3.51. The van der Waals surface area contributed by atoms with E-state index in [2.05, 4.69) is 0 Å². The molecule has 0 N–H and O–H groups in total. The van der Waals surface area contributed by atoms with E-state index >= 15 is 0 Å². The van der Waals surface area contributed by atoms with Crippen molar-refractivity contribution in [2.45, 2.75) is 36.6 Å². The zero-order chi connectivity index (χ0) is 16.8. The molecule has 2 heterocycles. The summed E-state index contributed by atoms with van der Waals surface area (Å²) in [7, 11) is 1.59. The molecule has 7 heteroatoms. The molecule has 4 rings (SSSR count). The van der Waals surface area contributed by atoms with Crippen LogP contribution in [0.25, 0.3) is 0 Å². The van der Waals surface area contributed by atoms with Crippen molar-refractivity contribution in [1.82, 2.24) is 0 Å². The van der Waals surface area contributed by atoms with E-state index in [-0.39, 0.29) is 6.10 Å². The normalized spacial score (nSPS) is 30.1. The van der Waals surface area contributed by atoms with Crippen LogP contribution in [-0.2, 0) is 14.9 Å². The van der Waals surface area contributed by atoms with Gasteiger partial charge < -0.3 is 18.9 Å². The third kappa shape index (κ3) is 2.19. The number of hydrogen-bond donors (Lipinski definition) is 0. The molecule has 2 atom stereocenters. The average molecular weight is 333 g/mol. The number of fused-ring (bicyclic) bond motifs is 3. The molecule has 2 fully saturated rings. The summed E-state index contributed by atoms with van der Waals surface area (Å²) in [4.78, 5) is 10.5. The number of rotatable bonds is 3. The fraction of sp³-hybridized carbons (Fsp3) is 0.529. The maximum atomic E-state index is 10.9. The Labute approximate surface area is 139 Å². The maximum absolute atomic E-state index is 10.9. The third-order valence-electron chi connectivity index (χ3n) is 5.26. The van der Waals surface area contributed by atoms with Crippen LogP contribution in [0.2, 0.25) is 0 Å². The lowest BCUT2D eigenvalue weighted by Crippen LogP contribution is -2.50. The van der Waals surface area contributed by atoms with Gasteiger partial charge in [-0.2, -0.15) is 0 Å². The fourth-order valence-electron chi connectivity index (χ4n) is 4.12. The molecule has 2 aliphatic heterocycles. The van der Waals surface area contributed by atoms with Gasteiger partial charge in [0.25, 0.3) is 0 Å². The summed E-state index contributed by atoms with van der Waals surface area (Å²) >= 11 is 0. The zero-order valence-corrected chi connectivity index (χ0v) is 13.4. The van der Waals surface area contributed by atoms with Crippen molar-refractivity contribution < 1.29 is 23.9 Å². The minimum atomic E-state index is -0.633. The fourth-order valence-corrected chi connectivity index (χ4v) is 4.12. The first-order valence-corrected chi connectivity index (χ1v) is 8.03. The van der Waals surface area contributed by atoms with Crippen molar-refractivity contribution in [3.05, 3.63) is 46.2 Å². The second kappa shape index (κ2) is 5.46. The highest BCUT2D eigenvalue weighted by atomic mass is 16.7. The van der Waals surface area contributed by atoms with Crippen LogP contribution in [-0.4, -0.2) is 37.1 Å². The van der Waals surface area contributed by atoms with Crippen LogP contribution < -0.4 is 9.47 Å². The Morgan fingerprint density at radius 2 is 2.12 bits per heavy atom. The van der Waals surface area contributed by atoms with E-state index in [1.165, 1.54) is 0 Å². The van der Waals surface area contributed by atoms with Gasteiger partial charge in [-0.1, -0.05) is 12.1 Å². The third-order valence-corrected chi connectivity index (χ3v) is 5.26. The molecular weight excluding hydrogens is 314 g/mol. The molecule has 24 heavy (non-hydrogen) atoms. The molecule has 0 bridgehead atoms.